The fourth-order valence-corrected chi connectivity index (χ4v) is 2.42. The van der Waals surface area contributed by atoms with E-state index in [0.29, 0.717) is 18.7 Å². The molecule has 1 aliphatic rings. The second kappa shape index (κ2) is 7.41. The highest BCUT2D eigenvalue weighted by molar-refractivity contribution is 6.30. The van der Waals surface area contributed by atoms with Gasteiger partial charge in [0.15, 0.2) is 0 Å². The fourth-order valence-electron chi connectivity index (χ4n) is 2.31. The van der Waals surface area contributed by atoms with Gasteiger partial charge in [0.2, 0.25) is 11.8 Å². The smallest absolute Gasteiger partial charge is 0.306 e. The standard InChI is InChI=1S/C15H16ClFN2O4/c1-23-14(21)5-4-13(20)18-12-6-7-19(15(12)22)9-2-3-10(16)11(17)8-9/h2-3,8,12H,4-7H2,1H3,(H,18,20)/t12-/m1/s1. The Hall–Kier alpha value is -2.15. The lowest BCUT2D eigenvalue weighted by molar-refractivity contribution is -0.142. The molecular formula is C15H16ClFN2O4. The molecule has 0 aromatic heterocycles. The summed E-state index contributed by atoms with van der Waals surface area (Å²) in [6, 6.07) is 3.42. The number of hydrogen-bond donors (Lipinski definition) is 1. The van der Waals surface area contributed by atoms with E-state index in [9.17, 15) is 18.8 Å². The summed E-state index contributed by atoms with van der Waals surface area (Å²) < 4.78 is 17.9. The second-order valence-corrected chi connectivity index (χ2v) is 5.48. The number of methoxy groups -OCH3 is 1. The van der Waals surface area contributed by atoms with Crippen LogP contribution in [-0.2, 0) is 19.1 Å². The van der Waals surface area contributed by atoms with Crippen molar-refractivity contribution in [2.24, 2.45) is 0 Å². The van der Waals surface area contributed by atoms with Crippen molar-refractivity contribution < 1.29 is 23.5 Å². The van der Waals surface area contributed by atoms with Crippen molar-refractivity contribution in [3.05, 3.63) is 29.0 Å². The average molecular weight is 343 g/mol. The number of esters is 1. The summed E-state index contributed by atoms with van der Waals surface area (Å²) in [4.78, 5) is 36.4. The first-order valence-corrected chi connectivity index (χ1v) is 7.42. The number of halogens is 2. The lowest BCUT2D eigenvalue weighted by atomic mass is 10.2. The minimum Gasteiger partial charge on any atom is -0.469 e. The lowest BCUT2D eigenvalue weighted by Crippen LogP contribution is -2.41. The Morgan fingerprint density at radius 1 is 1.43 bits per heavy atom. The highest BCUT2D eigenvalue weighted by Gasteiger charge is 2.33. The Bertz CT molecular complexity index is 638. The Labute approximate surface area is 137 Å². The molecule has 6 nitrogen and oxygen atoms in total. The monoisotopic (exact) mass is 342 g/mol. The first-order valence-electron chi connectivity index (χ1n) is 7.05. The summed E-state index contributed by atoms with van der Waals surface area (Å²) in [6.07, 6.45) is 0.314. The fraction of sp³-hybridized carbons (Fsp3) is 0.400. The van der Waals surface area contributed by atoms with E-state index < -0.39 is 23.7 Å². The molecule has 2 amide bonds. The van der Waals surface area contributed by atoms with Gasteiger partial charge >= 0.3 is 5.97 Å². The van der Waals surface area contributed by atoms with Crippen molar-refractivity contribution in [3.63, 3.8) is 0 Å². The van der Waals surface area contributed by atoms with Gasteiger partial charge in [-0.25, -0.2) is 4.39 Å². The summed E-state index contributed by atoms with van der Waals surface area (Å²) in [5, 5.41) is 2.56. The molecule has 1 aliphatic heterocycles. The van der Waals surface area contributed by atoms with E-state index >= 15 is 0 Å². The molecule has 23 heavy (non-hydrogen) atoms. The highest BCUT2D eigenvalue weighted by Crippen LogP contribution is 2.25. The molecule has 1 fully saturated rings. The van der Waals surface area contributed by atoms with Crippen molar-refractivity contribution in [1.29, 1.82) is 0 Å². The first-order chi connectivity index (χ1) is 10.9. The van der Waals surface area contributed by atoms with E-state index in [2.05, 4.69) is 10.1 Å². The first kappa shape index (κ1) is 17.2. The maximum absolute atomic E-state index is 13.5. The third kappa shape index (κ3) is 4.19. The third-order valence-electron chi connectivity index (χ3n) is 3.54. The number of hydrogen-bond acceptors (Lipinski definition) is 4. The third-order valence-corrected chi connectivity index (χ3v) is 3.85. The van der Waals surface area contributed by atoms with Crippen molar-refractivity contribution >= 4 is 35.1 Å². The Morgan fingerprint density at radius 2 is 2.17 bits per heavy atom. The molecule has 124 valence electrons. The summed E-state index contributed by atoms with van der Waals surface area (Å²) in [5.41, 5.74) is 0.392. The maximum Gasteiger partial charge on any atom is 0.306 e. The van der Waals surface area contributed by atoms with Crippen molar-refractivity contribution in [1.82, 2.24) is 5.32 Å². The Kier molecular flexibility index (Phi) is 5.54. The van der Waals surface area contributed by atoms with E-state index in [1.165, 1.54) is 24.1 Å². The zero-order chi connectivity index (χ0) is 17.0. The van der Waals surface area contributed by atoms with Crippen LogP contribution in [-0.4, -0.2) is 37.5 Å². The van der Waals surface area contributed by atoms with Crippen molar-refractivity contribution in [3.8, 4) is 0 Å². The van der Waals surface area contributed by atoms with Crippen LogP contribution in [0.25, 0.3) is 0 Å². The summed E-state index contributed by atoms with van der Waals surface area (Å²) in [5.74, 6) is -1.82. The largest absolute Gasteiger partial charge is 0.469 e. The molecule has 0 bridgehead atoms. The molecular weight excluding hydrogens is 327 g/mol. The summed E-state index contributed by atoms with van der Waals surface area (Å²) >= 11 is 5.62. The SMILES string of the molecule is COC(=O)CCC(=O)N[C@@H]1CCN(c2ccc(Cl)c(F)c2)C1=O. The number of rotatable bonds is 5. The number of carbonyl (C=O) groups excluding carboxylic acids is 3. The number of amides is 2. The highest BCUT2D eigenvalue weighted by atomic mass is 35.5. The van der Waals surface area contributed by atoms with Crippen LogP contribution < -0.4 is 10.2 Å². The van der Waals surface area contributed by atoms with Gasteiger partial charge < -0.3 is 15.0 Å². The van der Waals surface area contributed by atoms with Gasteiger partial charge in [0.1, 0.15) is 11.9 Å². The van der Waals surface area contributed by atoms with Crippen LogP contribution in [0, 0.1) is 5.82 Å². The minimum atomic E-state index is -0.682. The second-order valence-electron chi connectivity index (χ2n) is 5.07. The normalized spacial score (nSPS) is 17.3. The molecule has 2 rings (SSSR count). The molecule has 8 heteroatoms. The van der Waals surface area contributed by atoms with E-state index in [4.69, 9.17) is 11.6 Å². The summed E-state index contributed by atoms with van der Waals surface area (Å²) in [7, 11) is 1.24. The number of nitrogens with one attached hydrogen (secondary N) is 1. The number of anilines is 1. The number of carbonyl (C=O) groups is 3. The minimum absolute atomic E-state index is 0.0203. The number of benzene rings is 1. The Morgan fingerprint density at radius 3 is 2.83 bits per heavy atom. The van der Waals surface area contributed by atoms with Gasteiger partial charge in [-0.05, 0) is 24.6 Å². The van der Waals surface area contributed by atoms with Crippen LogP contribution in [0.1, 0.15) is 19.3 Å². The molecule has 0 aliphatic carbocycles. The predicted molar refractivity (Wildman–Crippen MR) is 81.6 cm³/mol. The molecule has 1 saturated heterocycles. The molecule has 1 N–H and O–H groups in total. The number of nitrogens with zero attached hydrogens (tertiary/aromatic N) is 1. The van der Waals surface area contributed by atoms with Crippen LogP contribution in [0.3, 0.4) is 0 Å². The molecule has 1 atom stereocenters. The molecule has 1 heterocycles. The molecule has 1 aromatic rings. The van der Waals surface area contributed by atoms with Gasteiger partial charge in [0.05, 0.1) is 18.6 Å². The van der Waals surface area contributed by atoms with E-state index in [-0.39, 0.29) is 23.8 Å². The van der Waals surface area contributed by atoms with Crippen LogP contribution in [0.4, 0.5) is 10.1 Å². The number of ether oxygens (including phenoxy) is 1. The lowest BCUT2D eigenvalue weighted by Gasteiger charge is -2.17. The average Bonchev–Trinajstić information content (AvgIpc) is 2.88. The van der Waals surface area contributed by atoms with E-state index in [1.54, 1.807) is 6.07 Å². The van der Waals surface area contributed by atoms with Crippen molar-refractivity contribution in [2.45, 2.75) is 25.3 Å². The van der Waals surface area contributed by atoms with Gasteiger partial charge in [-0.1, -0.05) is 11.6 Å². The van der Waals surface area contributed by atoms with Crippen LogP contribution in [0.2, 0.25) is 5.02 Å². The van der Waals surface area contributed by atoms with E-state index in [1.807, 2.05) is 0 Å². The molecule has 1 aromatic carbocycles. The van der Waals surface area contributed by atoms with Gasteiger partial charge in [-0.3, -0.25) is 14.4 Å². The van der Waals surface area contributed by atoms with Gasteiger partial charge in [0, 0.05) is 18.7 Å². The molecule has 0 radical (unpaired) electrons. The maximum atomic E-state index is 13.5. The van der Waals surface area contributed by atoms with Crippen LogP contribution >= 0.6 is 11.6 Å². The van der Waals surface area contributed by atoms with Crippen LogP contribution in [0.5, 0.6) is 0 Å². The van der Waals surface area contributed by atoms with Crippen LogP contribution in [0.15, 0.2) is 18.2 Å². The van der Waals surface area contributed by atoms with Crippen molar-refractivity contribution in [2.75, 3.05) is 18.6 Å². The van der Waals surface area contributed by atoms with Gasteiger partial charge in [0.25, 0.3) is 0 Å². The van der Waals surface area contributed by atoms with Gasteiger partial charge in [-0.15, -0.1) is 0 Å². The zero-order valence-electron chi connectivity index (χ0n) is 12.5. The zero-order valence-corrected chi connectivity index (χ0v) is 13.2. The topological polar surface area (TPSA) is 75.7 Å². The van der Waals surface area contributed by atoms with Gasteiger partial charge in [-0.2, -0.15) is 0 Å². The van der Waals surface area contributed by atoms with E-state index in [0.717, 1.165) is 0 Å². The quantitative estimate of drug-likeness (QED) is 0.826. The predicted octanol–water partition coefficient (Wildman–Crippen LogP) is 1.65. The molecule has 0 saturated carbocycles. The summed E-state index contributed by atoms with van der Waals surface area (Å²) in [6.45, 7) is 0.363. The molecule has 0 spiro atoms. The molecule has 0 unspecified atom stereocenters. The Balaban J connectivity index is 1.94.